The van der Waals surface area contributed by atoms with Crippen LogP contribution in [-0.4, -0.2) is 36.1 Å². The topological polar surface area (TPSA) is 32.5 Å². The lowest BCUT2D eigenvalue weighted by atomic mass is 10.1. The first-order valence-corrected chi connectivity index (χ1v) is 5.93. The molecule has 1 aromatic carbocycles. The van der Waals surface area contributed by atoms with E-state index in [2.05, 4.69) is 36.9 Å². The predicted octanol–water partition coefficient (Wildman–Crippen LogP) is 1.29. The number of nitrogens with zero attached hydrogens (tertiary/aromatic N) is 2. The second-order valence-corrected chi connectivity index (χ2v) is 4.73. The number of nitrogens with two attached hydrogens (primary N) is 1. The highest BCUT2D eigenvalue weighted by Crippen LogP contribution is 2.12. The molecule has 1 saturated heterocycles. The summed E-state index contributed by atoms with van der Waals surface area (Å²) in [6, 6.07) is 6.74. The molecular formula is C13H21N3. The summed E-state index contributed by atoms with van der Waals surface area (Å²) < 4.78 is 0. The molecule has 0 saturated carbocycles. The maximum absolute atomic E-state index is 5.74. The second kappa shape index (κ2) is 4.95. The zero-order valence-corrected chi connectivity index (χ0v) is 10.2. The van der Waals surface area contributed by atoms with Crippen molar-refractivity contribution in [1.82, 2.24) is 9.91 Å². The van der Waals surface area contributed by atoms with Crippen molar-refractivity contribution >= 4 is 0 Å². The molecule has 1 heterocycles. The van der Waals surface area contributed by atoms with Crippen LogP contribution in [0, 0.1) is 13.8 Å². The third-order valence-corrected chi connectivity index (χ3v) is 3.38. The van der Waals surface area contributed by atoms with Gasteiger partial charge in [-0.3, -0.25) is 10.7 Å². The Morgan fingerprint density at radius 1 is 1.06 bits per heavy atom. The number of piperazine rings is 1. The monoisotopic (exact) mass is 219 g/mol. The minimum atomic E-state index is 0.977. The van der Waals surface area contributed by atoms with Crippen molar-refractivity contribution in [3.8, 4) is 0 Å². The van der Waals surface area contributed by atoms with E-state index >= 15 is 0 Å². The molecule has 0 aromatic heterocycles. The molecule has 0 atom stereocenters. The molecule has 3 heteroatoms. The first-order valence-electron chi connectivity index (χ1n) is 5.93. The van der Waals surface area contributed by atoms with Gasteiger partial charge in [-0.05, 0) is 30.5 Å². The summed E-state index contributed by atoms with van der Waals surface area (Å²) in [4.78, 5) is 2.47. The van der Waals surface area contributed by atoms with E-state index in [-0.39, 0.29) is 0 Å². The van der Waals surface area contributed by atoms with Crippen LogP contribution < -0.4 is 5.84 Å². The Hall–Kier alpha value is -0.900. The van der Waals surface area contributed by atoms with Gasteiger partial charge in [0.1, 0.15) is 0 Å². The SMILES string of the molecule is Cc1ccc(CN2CCN(N)CC2)cc1C. The summed E-state index contributed by atoms with van der Waals surface area (Å²) in [5, 5.41) is 1.90. The molecular weight excluding hydrogens is 198 g/mol. The largest absolute Gasteiger partial charge is 0.296 e. The van der Waals surface area contributed by atoms with Crippen molar-refractivity contribution in [3.63, 3.8) is 0 Å². The van der Waals surface area contributed by atoms with Gasteiger partial charge >= 0.3 is 0 Å². The van der Waals surface area contributed by atoms with Crippen molar-refractivity contribution in [2.45, 2.75) is 20.4 Å². The Kier molecular flexibility index (Phi) is 3.59. The van der Waals surface area contributed by atoms with Gasteiger partial charge in [-0.25, -0.2) is 5.01 Å². The van der Waals surface area contributed by atoms with Crippen LogP contribution in [-0.2, 0) is 6.54 Å². The summed E-state index contributed by atoms with van der Waals surface area (Å²) >= 11 is 0. The molecule has 1 aromatic rings. The smallest absolute Gasteiger partial charge is 0.0257 e. The molecule has 1 fully saturated rings. The molecule has 2 N–H and O–H groups in total. The average molecular weight is 219 g/mol. The Bertz CT molecular complexity index is 354. The molecule has 0 unspecified atom stereocenters. The third-order valence-electron chi connectivity index (χ3n) is 3.38. The van der Waals surface area contributed by atoms with E-state index in [0.717, 1.165) is 32.7 Å². The van der Waals surface area contributed by atoms with Gasteiger partial charge in [0, 0.05) is 32.7 Å². The normalized spacial score (nSPS) is 18.9. The molecule has 2 rings (SSSR count). The Labute approximate surface area is 97.8 Å². The molecule has 88 valence electrons. The van der Waals surface area contributed by atoms with Gasteiger partial charge in [0.05, 0.1) is 0 Å². The molecule has 0 amide bonds. The van der Waals surface area contributed by atoms with Gasteiger partial charge in [0.15, 0.2) is 0 Å². The number of hydrazine groups is 1. The molecule has 1 aliphatic heterocycles. The summed E-state index contributed by atoms with van der Waals surface area (Å²) in [5.74, 6) is 5.74. The van der Waals surface area contributed by atoms with Crippen LogP contribution in [0.3, 0.4) is 0 Å². The Morgan fingerprint density at radius 3 is 2.38 bits per heavy atom. The Morgan fingerprint density at radius 2 is 1.75 bits per heavy atom. The number of hydrogen-bond donors (Lipinski definition) is 1. The van der Waals surface area contributed by atoms with E-state index < -0.39 is 0 Å². The Balaban J connectivity index is 1.96. The molecule has 0 radical (unpaired) electrons. The molecule has 0 spiro atoms. The maximum Gasteiger partial charge on any atom is 0.0257 e. The van der Waals surface area contributed by atoms with Crippen LogP contribution in [0.25, 0.3) is 0 Å². The van der Waals surface area contributed by atoms with Gasteiger partial charge < -0.3 is 0 Å². The van der Waals surface area contributed by atoms with Gasteiger partial charge in [-0.2, -0.15) is 0 Å². The lowest BCUT2D eigenvalue weighted by Gasteiger charge is -2.32. The van der Waals surface area contributed by atoms with Crippen LogP contribution >= 0.6 is 0 Å². The van der Waals surface area contributed by atoms with Crippen LogP contribution in [0.4, 0.5) is 0 Å². The highest BCUT2D eigenvalue weighted by atomic mass is 15.4. The molecule has 0 aliphatic carbocycles. The number of rotatable bonds is 2. The molecule has 1 aliphatic rings. The number of hydrogen-bond acceptors (Lipinski definition) is 3. The van der Waals surface area contributed by atoms with Crippen molar-refractivity contribution in [2.24, 2.45) is 5.84 Å². The minimum absolute atomic E-state index is 0.977. The fourth-order valence-electron chi connectivity index (χ4n) is 2.08. The molecule has 3 nitrogen and oxygen atoms in total. The van der Waals surface area contributed by atoms with Crippen LogP contribution in [0.5, 0.6) is 0 Å². The first kappa shape index (κ1) is 11.6. The van der Waals surface area contributed by atoms with E-state index in [1.54, 1.807) is 0 Å². The zero-order chi connectivity index (χ0) is 11.5. The highest BCUT2D eigenvalue weighted by molar-refractivity contribution is 5.29. The van der Waals surface area contributed by atoms with Crippen molar-refractivity contribution in [1.29, 1.82) is 0 Å². The predicted molar refractivity (Wildman–Crippen MR) is 67.0 cm³/mol. The van der Waals surface area contributed by atoms with Gasteiger partial charge in [-0.1, -0.05) is 18.2 Å². The van der Waals surface area contributed by atoms with Crippen LogP contribution in [0.1, 0.15) is 16.7 Å². The quantitative estimate of drug-likeness (QED) is 0.761. The van der Waals surface area contributed by atoms with Gasteiger partial charge in [0.25, 0.3) is 0 Å². The average Bonchev–Trinajstić information content (AvgIpc) is 2.27. The van der Waals surface area contributed by atoms with E-state index in [4.69, 9.17) is 5.84 Å². The van der Waals surface area contributed by atoms with E-state index in [1.165, 1.54) is 16.7 Å². The number of aryl methyl sites for hydroxylation is 2. The lowest BCUT2D eigenvalue weighted by Crippen LogP contribution is -2.48. The van der Waals surface area contributed by atoms with E-state index in [1.807, 2.05) is 5.01 Å². The minimum Gasteiger partial charge on any atom is -0.296 e. The van der Waals surface area contributed by atoms with Crippen LogP contribution in [0.2, 0.25) is 0 Å². The molecule has 0 bridgehead atoms. The van der Waals surface area contributed by atoms with Gasteiger partial charge in [-0.15, -0.1) is 0 Å². The summed E-state index contributed by atoms with van der Waals surface area (Å²) in [7, 11) is 0. The number of benzene rings is 1. The first-order chi connectivity index (χ1) is 7.65. The maximum atomic E-state index is 5.74. The standard InChI is InChI=1S/C13H21N3/c1-11-3-4-13(9-12(11)2)10-15-5-7-16(14)8-6-15/h3-4,9H,5-8,10,14H2,1-2H3. The summed E-state index contributed by atoms with van der Waals surface area (Å²) in [6.07, 6.45) is 0. The highest BCUT2D eigenvalue weighted by Gasteiger charge is 2.14. The van der Waals surface area contributed by atoms with E-state index in [9.17, 15) is 0 Å². The second-order valence-electron chi connectivity index (χ2n) is 4.73. The fourth-order valence-corrected chi connectivity index (χ4v) is 2.08. The van der Waals surface area contributed by atoms with E-state index in [0.29, 0.717) is 0 Å². The third kappa shape index (κ3) is 2.82. The van der Waals surface area contributed by atoms with Crippen molar-refractivity contribution in [2.75, 3.05) is 26.2 Å². The lowest BCUT2D eigenvalue weighted by molar-refractivity contribution is 0.128. The molecule has 16 heavy (non-hydrogen) atoms. The van der Waals surface area contributed by atoms with Crippen molar-refractivity contribution in [3.05, 3.63) is 34.9 Å². The van der Waals surface area contributed by atoms with Crippen LogP contribution in [0.15, 0.2) is 18.2 Å². The summed E-state index contributed by atoms with van der Waals surface area (Å²) in [6.45, 7) is 9.49. The summed E-state index contributed by atoms with van der Waals surface area (Å²) in [5.41, 5.74) is 4.17. The van der Waals surface area contributed by atoms with Crippen molar-refractivity contribution < 1.29 is 0 Å². The van der Waals surface area contributed by atoms with Gasteiger partial charge in [0.2, 0.25) is 0 Å². The zero-order valence-electron chi connectivity index (χ0n) is 10.2. The fraction of sp³-hybridized carbons (Fsp3) is 0.538.